The molecule has 1 saturated heterocycles. The topological polar surface area (TPSA) is 126 Å². The Kier molecular flexibility index (Phi) is 5.92. The third-order valence-corrected chi connectivity index (χ3v) is 5.04. The van der Waals surface area contributed by atoms with Gasteiger partial charge in [-0.25, -0.2) is 19.8 Å². The highest BCUT2D eigenvalue weighted by atomic mass is 32.2. The van der Waals surface area contributed by atoms with E-state index in [1.807, 2.05) is 4.72 Å². The number of benzene rings is 1. The molecule has 1 aromatic carbocycles. The van der Waals surface area contributed by atoms with Crippen molar-refractivity contribution >= 4 is 45.4 Å². The van der Waals surface area contributed by atoms with E-state index in [4.69, 9.17) is 5.14 Å². The lowest BCUT2D eigenvalue weighted by Gasteiger charge is -2.18. The molecule has 0 saturated carbocycles. The fourth-order valence-electron chi connectivity index (χ4n) is 2.72. The summed E-state index contributed by atoms with van der Waals surface area (Å²) >= 11 is -0.301. The van der Waals surface area contributed by atoms with Crippen LogP contribution in [0.5, 0.6) is 0 Å². The first kappa shape index (κ1) is 21.9. The number of halogens is 3. The number of urea groups is 1. The van der Waals surface area contributed by atoms with Gasteiger partial charge >= 0.3 is 11.5 Å². The third kappa shape index (κ3) is 5.61. The second kappa shape index (κ2) is 8.12. The molecule has 1 aromatic heterocycles. The number of amides is 3. The summed E-state index contributed by atoms with van der Waals surface area (Å²) in [5.74, 6) is -0.601. The van der Waals surface area contributed by atoms with E-state index in [0.29, 0.717) is 5.56 Å². The molecule has 0 radical (unpaired) electrons. The van der Waals surface area contributed by atoms with Crippen LogP contribution < -0.4 is 14.8 Å². The predicted octanol–water partition coefficient (Wildman–Crippen LogP) is 2.28. The summed E-state index contributed by atoms with van der Waals surface area (Å²) in [6.07, 6.45) is 1.31. The monoisotopic (exact) mass is 461 g/mol. The van der Waals surface area contributed by atoms with Gasteiger partial charge in [-0.05, 0) is 53.7 Å². The first-order valence-corrected chi connectivity index (χ1v) is 10.5. The molecule has 3 rings (SSSR count). The number of nitrogens with zero attached hydrogens (tertiary/aromatic N) is 3. The summed E-state index contributed by atoms with van der Waals surface area (Å²) in [6, 6.07) is 7.08. The lowest BCUT2D eigenvalue weighted by Crippen LogP contribution is -2.32. The summed E-state index contributed by atoms with van der Waals surface area (Å²) in [7, 11) is -4.03. The summed E-state index contributed by atoms with van der Waals surface area (Å²) in [4.78, 5) is 30.8. The summed E-state index contributed by atoms with van der Waals surface area (Å²) in [5.41, 5.74) is -3.82. The maximum atomic E-state index is 12.6. The standard InChI is InChI=1S/C16H14F3N5O4S2/c17-16(18,19)29-12-3-1-11(2-4-12)24-14(25)9-23(15(24)26)8-10-5-6-21-13(7-10)22-30(20,27)28/h1-7H,8-9H2,(H,21,22)(H2,20,27,28). The van der Waals surface area contributed by atoms with Crippen LogP contribution in [0.15, 0.2) is 47.5 Å². The molecule has 1 aliphatic heterocycles. The van der Waals surface area contributed by atoms with Crippen molar-refractivity contribution in [3.8, 4) is 0 Å². The molecule has 2 heterocycles. The molecule has 0 bridgehead atoms. The quantitative estimate of drug-likeness (QED) is 0.502. The number of imide groups is 1. The smallest absolute Gasteiger partial charge is 0.310 e. The highest BCUT2D eigenvalue weighted by Crippen LogP contribution is 2.37. The summed E-state index contributed by atoms with van der Waals surface area (Å²) in [5, 5.41) is 4.89. The largest absolute Gasteiger partial charge is 0.446 e. The molecule has 0 unspecified atom stereocenters. The Morgan fingerprint density at radius 3 is 2.43 bits per heavy atom. The number of alkyl halides is 3. The number of carbonyl (C=O) groups is 2. The predicted molar refractivity (Wildman–Crippen MR) is 103 cm³/mol. The molecule has 0 spiro atoms. The van der Waals surface area contributed by atoms with E-state index < -0.39 is 27.7 Å². The van der Waals surface area contributed by atoms with Crippen LogP contribution in [0.3, 0.4) is 0 Å². The Morgan fingerprint density at radius 1 is 1.17 bits per heavy atom. The zero-order chi connectivity index (χ0) is 22.1. The van der Waals surface area contributed by atoms with Gasteiger partial charge in [0.25, 0.3) is 16.1 Å². The number of hydrogen-bond donors (Lipinski definition) is 2. The van der Waals surface area contributed by atoms with Crippen molar-refractivity contribution in [3.63, 3.8) is 0 Å². The van der Waals surface area contributed by atoms with Gasteiger partial charge in [0.2, 0.25) is 0 Å². The van der Waals surface area contributed by atoms with Gasteiger partial charge in [-0.15, -0.1) is 0 Å². The molecular weight excluding hydrogens is 447 g/mol. The number of aromatic nitrogens is 1. The third-order valence-electron chi connectivity index (χ3n) is 3.81. The SMILES string of the molecule is NS(=O)(=O)Nc1cc(CN2CC(=O)N(c3ccc(SC(F)(F)F)cc3)C2=O)ccn1. The van der Waals surface area contributed by atoms with Gasteiger partial charge in [0.1, 0.15) is 12.4 Å². The molecule has 0 atom stereocenters. The van der Waals surface area contributed by atoms with Gasteiger partial charge in [0.15, 0.2) is 0 Å². The molecule has 2 aromatic rings. The number of anilines is 2. The van der Waals surface area contributed by atoms with Crippen LogP contribution in [0.2, 0.25) is 0 Å². The van der Waals surface area contributed by atoms with Gasteiger partial charge in [-0.3, -0.25) is 9.52 Å². The summed E-state index contributed by atoms with van der Waals surface area (Å²) < 4.78 is 61.5. The minimum atomic E-state index is -4.45. The maximum absolute atomic E-state index is 12.6. The number of carbonyl (C=O) groups excluding carboxylic acids is 2. The molecule has 0 aliphatic carbocycles. The van der Waals surface area contributed by atoms with E-state index in [9.17, 15) is 31.2 Å². The van der Waals surface area contributed by atoms with Crippen molar-refractivity contribution in [1.29, 1.82) is 0 Å². The molecular formula is C16H14F3N5O4S2. The van der Waals surface area contributed by atoms with Gasteiger partial charge in [-0.1, -0.05) is 0 Å². The Labute approximate surface area is 173 Å². The van der Waals surface area contributed by atoms with Crippen LogP contribution in [0.1, 0.15) is 5.56 Å². The minimum absolute atomic E-state index is 0.0229. The van der Waals surface area contributed by atoms with Gasteiger partial charge in [0.05, 0.1) is 5.69 Å². The van der Waals surface area contributed by atoms with Gasteiger partial charge in [-0.2, -0.15) is 21.6 Å². The number of hydrogen-bond acceptors (Lipinski definition) is 6. The zero-order valence-electron chi connectivity index (χ0n) is 15.0. The number of pyridine rings is 1. The second-order valence-corrected chi connectivity index (χ2v) is 8.54. The molecule has 160 valence electrons. The molecule has 3 N–H and O–H groups in total. The van der Waals surface area contributed by atoms with Crippen LogP contribution in [-0.4, -0.2) is 42.3 Å². The molecule has 9 nitrogen and oxygen atoms in total. The van der Waals surface area contributed by atoms with Gasteiger partial charge < -0.3 is 4.90 Å². The Bertz CT molecular complexity index is 1080. The van der Waals surface area contributed by atoms with Crippen LogP contribution >= 0.6 is 11.8 Å². The second-order valence-electron chi connectivity index (χ2n) is 6.11. The van der Waals surface area contributed by atoms with Crippen molar-refractivity contribution < 1.29 is 31.2 Å². The van der Waals surface area contributed by atoms with Crippen molar-refractivity contribution in [1.82, 2.24) is 9.88 Å². The van der Waals surface area contributed by atoms with Crippen LogP contribution in [0.25, 0.3) is 0 Å². The van der Waals surface area contributed by atoms with Crippen molar-refractivity contribution in [2.24, 2.45) is 5.14 Å². The van der Waals surface area contributed by atoms with Crippen LogP contribution in [-0.2, 0) is 21.5 Å². The number of rotatable bonds is 6. The maximum Gasteiger partial charge on any atom is 0.446 e. The van der Waals surface area contributed by atoms with Crippen molar-refractivity contribution in [3.05, 3.63) is 48.2 Å². The first-order valence-electron chi connectivity index (χ1n) is 8.14. The lowest BCUT2D eigenvalue weighted by molar-refractivity contribution is -0.116. The van der Waals surface area contributed by atoms with E-state index in [2.05, 4.69) is 4.98 Å². The number of nitrogens with one attached hydrogen (secondary N) is 1. The Balaban J connectivity index is 1.73. The fourth-order valence-corrected chi connectivity index (χ4v) is 3.66. The number of thioether (sulfide) groups is 1. The Hall–Kier alpha value is -2.84. The van der Waals surface area contributed by atoms with Crippen molar-refractivity contribution in [2.75, 3.05) is 16.2 Å². The van der Waals surface area contributed by atoms with E-state index in [-0.39, 0.29) is 41.3 Å². The van der Waals surface area contributed by atoms with Crippen molar-refractivity contribution in [2.45, 2.75) is 16.9 Å². The molecule has 30 heavy (non-hydrogen) atoms. The van der Waals surface area contributed by atoms with E-state index in [1.165, 1.54) is 47.5 Å². The Morgan fingerprint density at radius 2 is 1.83 bits per heavy atom. The van der Waals surface area contributed by atoms with E-state index >= 15 is 0 Å². The zero-order valence-corrected chi connectivity index (χ0v) is 16.6. The fraction of sp³-hybridized carbons (Fsp3) is 0.188. The van der Waals surface area contributed by atoms with Gasteiger partial charge in [0, 0.05) is 17.6 Å². The van der Waals surface area contributed by atoms with Crippen LogP contribution in [0, 0.1) is 0 Å². The highest BCUT2D eigenvalue weighted by molar-refractivity contribution is 8.00. The number of nitrogens with two attached hydrogens (primary N) is 1. The highest BCUT2D eigenvalue weighted by Gasteiger charge is 2.37. The summed E-state index contributed by atoms with van der Waals surface area (Å²) in [6.45, 7) is -0.275. The average molecular weight is 461 g/mol. The average Bonchev–Trinajstić information content (AvgIpc) is 2.87. The normalized spacial score (nSPS) is 15.1. The minimum Gasteiger partial charge on any atom is -0.310 e. The van der Waals surface area contributed by atoms with Crippen LogP contribution in [0.4, 0.5) is 29.5 Å². The molecule has 1 aliphatic rings. The van der Waals surface area contributed by atoms with E-state index in [1.54, 1.807) is 0 Å². The molecule has 1 fully saturated rings. The lowest BCUT2D eigenvalue weighted by atomic mass is 10.2. The van der Waals surface area contributed by atoms with E-state index in [0.717, 1.165) is 4.90 Å². The molecule has 14 heteroatoms. The first-order chi connectivity index (χ1) is 13.9. The molecule has 3 amide bonds.